The molecule has 1 aliphatic carbocycles. The molecule has 2 rings (SSSR count). The molecule has 0 radical (unpaired) electrons. The van der Waals surface area contributed by atoms with E-state index in [2.05, 4.69) is 5.32 Å². The number of carbonyl (C=O) groups excluding carboxylic acids is 1. The zero-order chi connectivity index (χ0) is 14.9. The third kappa shape index (κ3) is 2.77. The van der Waals surface area contributed by atoms with Crippen molar-refractivity contribution in [2.75, 3.05) is 6.54 Å². The standard InChI is InChI=1S/C13H13F4NO2/c14-8-4-7(10(15)12(17)11(8)16)13(20)18-5-6-2-1-3-9(6)19/h4,6,9,19H,1-3,5H2,(H,18,20). The Balaban J connectivity index is 2.10. The first-order chi connectivity index (χ1) is 9.41. The summed E-state index contributed by atoms with van der Waals surface area (Å²) in [6.07, 6.45) is 1.59. The number of aliphatic hydroxyl groups is 1. The highest BCUT2D eigenvalue weighted by atomic mass is 19.2. The lowest BCUT2D eigenvalue weighted by atomic mass is 10.1. The summed E-state index contributed by atoms with van der Waals surface area (Å²) in [4.78, 5) is 11.7. The number of nitrogens with one attached hydrogen (secondary N) is 1. The van der Waals surface area contributed by atoms with Gasteiger partial charge in [-0.25, -0.2) is 17.6 Å². The zero-order valence-corrected chi connectivity index (χ0v) is 10.4. The van der Waals surface area contributed by atoms with Crippen LogP contribution in [0.15, 0.2) is 6.07 Å². The molecule has 2 N–H and O–H groups in total. The van der Waals surface area contributed by atoms with Gasteiger partial charge < -0.3 is 10.4 Å². The van der Waals surface area contributed by atoms with Crippen molar-refractivity contribution >= 4 is 5.91 Å². The normalized spacial score (nSPS) is 22.1. The summed E-state index contributed by atoms with van der Waals surface area (Å²) in [6.45, 7) is 0.0695. The number of aliphatic hydroxyl groups excluding tert-OH is 1. The number of benzene rings is 1. The lowest BCUT2D eigenvalue weighted by molar-refractivity contribution is 0.0911. The number of amides is 1. The van der Waals surface area contributed by atoms with Gasteiger partial charge in [0, 0.05) is 12.5 Å². The van der Waals surface area contributed by atoms with Gasteiger partial charge in [0.1, 0.15) is 0 Å². The first-order valence-corrected chi connectivity index (χ1v) is 6.21. The van der Waals surface area contributed by atoms with Crippen molar-refractivity contribution in [1.29, 1.82) is 0 Å². The minimum absolute atomic E-state index is 0.0695. The molecule has 20 heavy (non-hydrogen) atoms. The van der Waals surface area contributed by atoms with Crippen molar-refractivity contribution in [3.05, 3.63) is 34.9 Å². The van der Waals surface area contributed by atoms with Gasteiger partial charge in [-0.15, -0.1) is 0 Å². The number of carbonyl (C=O) groups is 1. The van der Waals surface area contributed by atoms with E-state index >= 15 is 0 Å². The van der Waals surface area contributed by atoms with Crippen LogP contribution in [0.2, 0.25) is 0 Å². The quantitative estimate of drug-likeness (QED) is 0.509. The molecule has 0 aromatic heterocycles. The molecule has 1 fully saturated rings. The van der Waals surface area contributed by atoms with Crippen molar-refractivity contribution < 1.29 is 27.5 Å². The van der Waals surface area contributed by atoms with Gasteiger partial charge in [0.25, 0.3) is 5.91 Å². The van der Waals surface area contributed by atoms with Crippen molar-refractivity contribution in [1.82, 2.24) is 5.32 Å². The predicted octanol–water partition coefficient (Wildman–Crippen LogP) is 2.13. The van der Waals surface area contributed by atoms with Crippen molar-refractivity contribution in [3.63, 3.8) is 0 Å². The molecule has 1 aliphatic rings. The molecule has 0 saturated heterocycles. The molecule has 3 nitrogen and oxygen atoms in total. The second-order valence-electron chi connectivity index (χ2n) is 4.82. The molecular formula is C13H13F4NO2. The van der Waals surface area contributed by atoms with Crippen LogP contribution in [-0.4, -0.2) is 23.7 Å². The zero-order valence-electron chi connectivity index (χ0n) is 10.4. The molecule has 0 spiro atoms. The summed E-state index contributed by atoms with van der Waals surface area (Å²) < 4.78 is 52.1. The van der Waals surface area contributed by atoms with Gasteiger partial charge in [0.05, 0.1) is 11.7 Å². The second kappa shape index (κ2) is 5.78. The number of hydrogen-bond acceptors (Lipinski definition) is 2. The molecule has 1 saturated carbocycles. The molecule has 110 valence electrons. The molecule has 0 aliphatic heterocycles. The van der Waals surface area contributed by atoms with Crippen molar-refractivity contribution in [3.8, 4) is 0 Å². The smallest absolute Gasteiger partial charge is 0.254 e. The monoisotopic (exact) mass is 291 g/mol. The summed E-state index contributed by atoms with van der Waals surface area (Å²) in [5.41, 5.74) is -0.895. The summed E-state index contributed by atoms with van der Waals surface area (Å²) in [6, 6.07) is 0.314. The van der Waals surface area contributed by atoms with E-state index in [1.54, 1.807) is 0 Å². The van der Waals surface area contributed by atoms with Gasteiger partial charge in [-0.2, -0.15) is 0 Å². The van der Waals surface area contributed by atoms with Gasteiger partial charge >= 0.3 is 0 Å². The van der Waals surface area contributed by atoms with Crippen LogP contribution in [0.3, 0.4) is 0 Å². The van der Waals surface area contributed by atoms with Crippen LogP contribution in [0.4, 0.5) is 17.6 Å². The Morgan fingerprint density at radius 1 is 1.20 bits per heavy atom. The molecule has 1 amide bonds. The fourth-order valence-electron chi connectivity index (χ4n) is 2.31. The Kier molecular flexibility index (Phi) is 4.27. The highest BCUT2D eigenvalue weighted by molar-refractivity contribution is 5.94. The number of rotatable bonds is 3. The van der Waals surface area contributed by atoms with Crippen LogP contribution >= 0.6 is 0 Å². The van der Waals surface area contributed by atoms with Crippen LogP contribution in [0.5, 0.6) is 0 Å². The molecule has 2 unspecified atom stereocenters. The van der Waals surface area contributed by atoms with E-state index < -0.39 is 40.8 Å². The summed E-state index contributed by atoms with van der Waals surface area (Å²) >= 11 is 0. The maximum absolute atomic E-state index is 13.4. The summed E-state index contributed by atoms with van der Waals surface area (Å²) in [5.74, 6) is -8.54. The van der Waals surface area contributed by atoms with Gasteiger partial charge in [0.2, 0.25) is 0 Å². The molecule has 7 heteroatoms. The third-order valence-electron chi connectivity index (χ3n) is 3.49. The maximum atomic E-state index is 13.4. The van der Waals surface area contributed by atoms with Crippen LogP contribution in [-0.2, 0) is 0 Å². The van der Waals surface area contributed by atoms with E-state index in [4.69, 9.17) is 0 Å². The minimum Gasteiger partial charge on any atom is -0.393 e. The van der Waals surface area contributed by atoms with Gasteiger partial charge in [0.15, 0.2) is 23.3 Å². The van der Waals surface area contributed by atoms with E-state index in [0.29, 0.717) is 18.9 Å². The molecule has 1 aromatic rings. The van der Waals surface area contributed by atoms with Crippen LogP contribution < -0.4 is 5.32 Å². The third-order valence-corrected chi connectivity index (χ3v) is 3.49. The topological polar surface area (TPSA) is 49.3 Å². The number of hydrogen-bond donors (Lipinski definition) is 2. The van der Waals surface area contributed by atoms with Crippen molar-refractivity contribution in [2.24, 2.45) is 5.92 Å². The lowest BCUT2D eigenvalue weighted by Crippen LogP contribution is -2.33. The van der Waals surface area contributed by atoms with Crippen LogP contribution in [0.25, 0.3) is 0 Å². The first kappa shape index (κ1) is 14.8. The van der Waals surface area contributed by atoms with Crippen LogP contribution in [0.1, 0.15) is 29.6 Å². The van der Waals surface area contributed by atoms with Gasteiger partial charge in [-0.05, 0) is 18.9 Å². The van der Waals surface area contributed by atoms with Crippen molar-refractivity contribution in [2.45, 2.75) is 25.4 Å². The average Bonchev–Trinajstić information content (AvgIpc) is 2.83. The lowest BCUT2D eigenvalue weighted by Gasteiger charge is -2.15. The van der Waals surface area contributed by atoms with Gasteiger partial charge in [-0.3, -0.25) is 4.79 Å². The summed E-state index contributed by atoms with van der Waals surface area (Å²) in [7, 11) is 0. The highest BCUT2D eigenvalue weighted by Crippen LogP contribution is 2.25. The second-order valence-corrected chi connectivity index (χ2v) is 4.82. The van der Waals surface area contributed by atoms with Gasteiger partial charge in [-0.1, -0.05) is 6.42 Å². The SMILES string of the molecule is O=C(NCC1CCCC1O)c1cc(F)c(F)c(F)c1F. The van der Waals surface area contributed by atoms with E-state index in [-0.39, 0.29) is 12.5 Å². The predicted molar refractivity (Wildman–Crippen MR) is 62.0 cm³/mol. The Labute approximate surface area is 112 Å². The Morgan fingerprint density at radius 3 is 2.50 bits per heavy atom. The van der Waals surface area contributed by atoms with E-state index in [9.17, 15) is 27.5 Å². The molecule has 0 heterocycles. The van der Waals surface area contributed by atoms with Crippen LogP contribution in [0, 0.1) is 29.2 Å². The average molecular weight is 291 g/mol. The molecule has 1 aromatic carbocycles. The van der Waals surface area contributed by atoms with E-state index in [1.807, 2.05) is 0 Å². The van der Waals surface area contributed by atoms with E-state index in [1.165, 1.54) is 0 Å². The summed E-state index contributed by atoms with van der Waals surface area (Å²) in [5, 5.41) is 11.8. The first-order valence-electron chi connectivity index (χ1n) is 6.21. The van der Waals surface area contributed by atoms with E-state index in [0.717, 1.165) is 6.42 Å². The Bertz CT molecular complexity index is 536. The number of halogens is 4. The fourth-order valence-corrected chi connectivity index (χ4v) is 2.31. The highest BCUT2D eigenvalue weighted by Gasteiger charge is 2.27. The Hall–Kier alpha value is -1.63. The molecular weight excluding hydrogens is 278 g/mol. The largest absolute Gasteiger partial charge is 0.393 e. The maximum Gasteiger partial charge on any atom is 0.254 e. The molecule has 2 atom stereocenters. The fraction of sp³-hybridized carbons (Fsp3) is 0.462. The molecule has 0 bridgehead atoms. The minimum atomic E-state index is -2.02. The Morgan fingerprint density at radius 2 is 1.90 bits per heavy atom.